The van der Waals surface area contributed by atoms with Crippen LogP contribution >= 0.6 is 11.8 Å². The summed E-state index contributed by atoms with van der Waals surface area (Å²) < 4.78 is 11.2. The standard InChI is InChI=1S/C21H23NO2S/c1-16(22-10-9-18(14-22)17-5-3-2-4-6-17)15-25-19-7-8-20-21(13-19)24-12-11-23-20/h2-8,13,15,18H,9-12,14H2,1H3/b16-15+. The van der Waals surface area contributed by atoms with Crippen LogP contribution in [0.5, 0.6) is 11.5 Å². The second-order valence-corrected chi connectivity index (χ2v) is 7.47. The van der Waals surface area contributed by atoms with E-state index >= 15 is 0 Å². The molecule has 0 aliphatic carbocycles. The van der Waals surface area contributed by atoms with Gasteiger partial charge < -0.3 is 14.4 Å². The maximum absolute atomic E-state index is 5.66. The van der Waals surface area contributed by atoms with Crippen molar-refractivity contribution in [2.45, 2.75) is 24.2 Å². The Hall–Kier alpha value is -2.07. The van der Waals surface area contributed by atoms with Crippen molar-refractivity contribution >= 4 is 11.8 Å². The van der Waals surface area contributed by atoms with Gasteiger partial charge in [-0.05, 0) is 42.5 Å². The van der Waals surface area contributed by atoms with E-state index in [4.69, 9.17) is 9.47 Å². The predicted octanol–water partition coefficient (Wildman–Crippen LogP) is 4.90. The number of likely N-dealkylation sites (tertiary alicyclic amines) is 1. The van der Waals surface area contributed by atoms with Gasteiger partial charge in [0.15, 0.2) is 11.5 Å². The Morgan fingerprint density at radius 3 is 2.72 bits per heavy atom. The molecule has 4 rings (SSSR count). The van der Waals surface area contributed by atoms with Crippen LogP contribution in [-0.2, 0) is 0 Å². The summed E-state index contributed by atoms with van der Waals surface area (Å²) in [5, 5.41) is 2.25. The van der Waals surface area contributed by atoms with Gasteiger partial charge in [-0.2, -0.15) is 0 Å². The molecule has 0 saturated carbocycles. The number of rotatable bonds is 4. The van der Waals surface area contributed by atoms with Crippen molar-refractivity contribution in [3.05, 3.63) is 65.2 Å². The highest BCUT2D eigenvalue weighted by molar-refractivity contribution is 8.02. The van der Waals surface area contributed by atoms with E-state index in [1.165, 1.54) is 22.6 Å². The summed E-state index contributed by atoms with van der Waals surface area (Å²) in [6.45, 7) is 5.71. The van der Waals surface area contributed by atoms with Crippen molar-refractivity contribution in [1.29, 1.82) is 0 Å². The molecule has 2 aromatic carbocycles. The zero-order valence-electron chi connectivity index (χ0n) is 14.5. The fraction of sp³-hybridized carbons (Fsp3) is 0.333. The molecule has 25 heavy (non-hydrogen) atoms. The van der Waals surface area contributed by atoms with Gasteiger partial charge >= 0.3 is 0 Å². The number of nitrogens with zero attached hydrogens (tertiary/aromatic N) is 1. The van der Waals surface area contributed by atoms with Crippen molar-refractivity contribution in [3.63, 3.8) is 0 Å². The lowest BCUT2D eigenvalue weighted by atomic mass is 9.99. The summed E-state index contributed by atoms with van der Waals surface area (Å²) in [7, 11) is 0. The van der Waals surface area contributed by atoms with Gasteiger partial charge in [-0.3, -0.25) is 0 Å². The molecule has 2 aromatic rings. The first-order valence-electron chi connectivity index (χ1n) is 8.82. The summed E-state index contributed by atoms with van der Waals surface area (Å²) in [6.07, 6.45) is 1.23. The third kappa shape index (κ3) is 3.79. The van der Waals surface area contributed by atoms with Crippen molar-refractivity contribution in [3.8, 4) is 11.5 Å². The van der Waals surface area contributed by atoms with Crippen LogP contribution in [-0.4, -0.2) is 31.2 Å². The van der Waals surface area contributed by atoms with Crippen LogP contribution in [0.25, 0.3) is 0 Å². The highest BCUT2D eigenvalue weighted by atomic mass is 32.2. The van der Waals surface area contributed by atoms with Crippen molar-refractivity contribution in [1.82, 2.24) is 4.90 Å². The SMILES string of the molecule is C/C(=C\Sc1ccc2c(c1)OCCO2)N1CCC(c2ccccc2)C1. The highest BCUT2D eigenvalue weighted by Crippen LogP contribution is 2.35. The van der Waals surface area contributed by atoms with E-state index in [0.29, 0.717) is 19.1 Å². The minimum Gasteiger partial charge on any atom is -0.486 e. The zero-order chi connectivity index (χ0) is 17.1. The Bertz CT molecular complexity index is 760. The van der Waals surface area contributed by atoms with Crippen LogP contribution in [0.1, 0.15) is 24.8 Å². The molecule has 4 heteroatoms. The fourth-order valence-electron chi connectivity index (χ4n) is 3.40. The molecule has 1 unspecified atom stereocenters. The molecule has 0 amide bonds. The number of allylic oxidation sites excluding steroid dienone is 1. The lowest BCUT2D eigenvalue weighted by molar-refractivity contribution is 0.171. The molecule has 0 N–H and O–H groups in total. The minimum atomic E-state index is 0.630. The number of fused-ring (bicyclic) bond motifs is 1. The van der Waals surface area contributed by atoms with Crippen LogP contribution < -0.4 is 9.47 Å². The molecule has 2 aliphatic heterocycles. The van der Waals surface area contributed by atoms with Crippen LogP contribution in [0.2, 0.25) is 0 Å². The maximum atomic E-state index is 5.66. The molecule has 1 atom stereocenters. The smallest absolute Gasteiger partial charge is 0.162 e. The molecular weight excluding hydrogens is 330 g/mol. The third-order valence-corrected chi connectivity index (χ3v) is 5.82. The number of ether oxygens (including phenoxy) is 2. The Balaban J connectivity index is 1.39. The van der Waals surface area contributed by atoms with Crippen LogP contribution in [0.3, 0.4) is 0 Å². The van der Waals surface area contributed by atoms with Crippen molar-refractivity contribution in [2.24, 2.45) is 0 Å². The Labute approximate surface area is 153 Å². The molecule has 3 nitrogen and oxygen atoms in total. The summed E-state index contributed by atoms with van der Waals surface area (Å²) in [6, 6.07) is 17.0. The average Bonchev–Trinajstić information content (AvgIpc) is 3.17. The summed E-state index contributed by atoms with van der Waals surface area (Å²) in [5.74, 6) is 2.35. The van der Waals surface area contributed by atoms with Gasteiger partial charge in [-0.1, -0.05) is 42.1 Å². The monoisotopic (exact) mass is 353 g/mol. The Morgan fingerprint density at radius 1 is 1.08 bits per heavy atom. The molecule has 0 spiro atoms. The van der Waals surface area contributed by atoms with Gasteiger partial charge in [0, 0.05) is 29.6 Å². The van der Waals surface area contributed by atoms with E-state index in [-0.39, 0.29) is 0 Å². The van der Waals surface area contributed by atoms with E-state index in [1.54, 1.807) is 11.8 Å². The highest BCUT2D eigenvalue weighted by Gasteiger charge is 2.23. The lowest BCUT2D eigenvalue weighted by Gasteiger charge is -2.20. The van der Waals surface area contributed by atoms with Gasteiger partial charge in [0.2, 0.25) is 0 Å². The number of benzene rings is 2. The van der Waals surface area contributed by atoms with Crippen LogP contribution in [0.4, 0.5) is 0 Å². The second kappa shape index (κ2) is 7.44. The number of hydrogen-bond donors (Lipinski definition) is 0. The lowest BCUT2D eigenvalue weighted by Crippen LogP contribution is -2.17. The average molecular weight is 353 g/mol. The normalized spacial score (nSPS) is 20.0. The summed E-state index contributed by atoms with van der Waals surface area (Å²) >= 11 is 1.75. The first-order valence-corrected chi connectivity index (χ1v) is 9.70. The van der Waals surface area contributed by atoms with E-state index in [0.717, 1.165) is 24.6 Å². The van der Waals surface area contributed by atoms with E-state index in [2.05, 4.69) is 59.7 Å². The molecule has 1 saturated heterocycles. The van der Waals surface area contributed by atoms with Gasteiger partial charge in [-0.25, -0.2) is 0 Å². The topological polar surface area (TPSA) is 21.7 Å². The van der Waals surface area contributed by atoms with Gasteiger partial charge in [0.05, 0.1) is 0 Å². The quantitative estimate of drug-likeness (QED) is 0.729. The van der Waals surface area contributed by atoms with E-state index < -0.39 is 0 Å². The first-order chi connectivity index (χ1) is 12.3. The molecular formula is C21H23NO2S. The van der Waals surface area contributed by atoms with E-state index in [1.807, 2.05) is 6.07 Å². The molecule has 1 fully saturated rings. The van der Waals surface area contributed by atoms with Crippen molar-refractivity contribution in [2.75, 3.05) is 26.3 Å². The number of hydrogen-bond acceptors (Lipinski definition) is 4. The molecule has 2 heterocycles. The minimum absolute atomic E-state index is 0.630. The Morgan fingerprint density at radius 2 is 1.88 bits per heavy atom. The molecule has 0 aromatic heterocycles. The van der Waals surface area contributed by atoms with Crippen LogP contribution in [0, 0.1) is 0 Å². The first kappa shape index (κ1) is 16.4. The van der Waals surface area contributed by atoms with Gasteiger partial charge in [0.25, 0.3) is 0 Å². The molecule has 0 bridgehead atoms. The van der Waals surface area contributed by atoms with Crippen LogP contribution in [0.15, 0.2) is 64.5 Å². The second-order valence-electron chi connectivity index (χ2n) is 6.52. The zero-order valence-corrected chi connectivity index (χ0v) is 15.3. The van der Waals surface area contributed by atoms with E-state index in [9.17, 15) is 0 Å². The van der Waals surface area contributed by atoms with Gasteiger partial charge in [0.1, 0.15) is 13.2 Å². The number of thioether (sulfide) groups is 1. The van der Waals surface area contributed by atoms with Crippen molar-refractivity contribution < 1.29 is 9.47 Å². The largest absolute Gasteiger partial charge is 0.486 e. The third-order valence-electron chi connectivity index (χ3n) is 4.84. The summed E-state index contributed by atoms with van der Waals surface area (Å²) in [5.41, 5.74) is 2.79. The maximum Gasteiger partial charge on any atom is 0.162 e. The predicted molar refractivity (Wildman–Crippen MR) is 102 cm³/mol. The van der Waals surface area contributed by atoms with Gasteiger partial charge in [-0.15, -0.1) is 0 Å². The Kier molecular flexibility index (Phi) is 4.88. The molecule has 0 radical (unpaired) electrons. The molecule has 130 valence electrons. The fourth-order valence-corrected chi connectivity index (χ4v) is 4.18. The molecule has 2 aliphatic rings. The summed E-state index contributed by atoms with van der Waals surface area (Å²) in [4.78, 5) is 3.67.